The average Bonchev–Trinajstić information content (AvgIpc) is 2.40. The summed E-state index contributed by atoms with van der Waals surface area (Å²) in [5.74, 6) is 0.386. The van der Waals surface area contributed by atoms with E-state index in [2.05, 4.69) is 10.3 Å². The Morgan fingerprint density at radius 2 is 2.11 bits per heavy atom. The van der Waals surface area contributed by atoms with Gasteiger partial charge in [0.25, 0.3) is 0 Å². The van der Waals surface area contributed by atoms with Crippen molar-refractivity contribution in [2.24, 2.45) is 5.92 Å². The number of carbonyl (C=O) groups excluding carboxylic acids is 2. The van der Waals surface area contributed by atoms with E-state index in [-0.39, 0.29) is 17.6 Å². The molecule has 0 unspecified atom stereocenters. The molecule has 96 valence electrons. The lowest BCUT2D eigenvalue weighted by atomic mass is 9.88. The van der Waals surface area contributed by atoms with E-state index in [9.17, 15) is 9.59 Å². The van der Waals surface area contributed by atoms with Crippen molar-refractivity contribution in [2.75, 3.05) is 6.54 Å². The standard InChI is InChI=1S/C14H18N2O2/c17-13-6-4-11(5-7-13)14(18)16-10-8-12-3-1-2-9-15-12/h1-3,9,11H,4-8,10H2,(H,16,18). The van der Waals surface area contributed by atoms with Gasteiger partial charge in [-0.3, -0.25) is 14.6 Å². The summed E-state index contributed by atoms with van der Waals surface area (Å²) in [7, 11) is 0. The maximum absolute atomic E-state index is 11.9. The van der Waals surface area contributed by atoms with E-state index in [1.807, 2.05) is 18.2 Å². The van der Waals surface area contributed by atoms with Crippen LogP contribution in [-0.2, 0) is 16.0 Å². The molecule has 0 spiro atoms. The van der Waals surface area contributed by atoms with Gasteiger partial charge in [0, 0.05) is 43.6 Å². The third kappa shape index (κ3) is 3.65. The largest absolute Gasteiger partial charge is 0.355 e. The van der Waals surface area contributed by atoms with Crippen molar-refractivity contribution in [3.05, 3.63) is 30.1 Å². The topological polar surface area (TPSA) is 59.1 Å². The van der Waals surface area contributed by atoms with Gasteiger partial charge in [-0.05, 0) is 25.0 Å². The van der Waals surface area contributed by atoms with Crippen LogP contribution in [0.25, 0.3) is 0 Å². The maximum atomic E-state index is 11.9. The van der Waals surface area contributed by atoms with Gasteiger partial charge in [-0.25, -0.2) is 0 Å². The van der Waals surface area contributed by atoms with Crippen molar-refractivity contribution in [1.29, 1.82) is 0 Å². The molecule has 1 heterocycles. The highest BCUT2D eigenvalue weighted by Crippen LogP contribution is 2.21. The molecule has 1 fully saturated rings. The third-order valence-electron chi connectivity index (χ3n) is 3.32. The number of hydrogen-bond donors (Lipinski definition) is 1. The first-order valence-electron chi connectivity index (χ1n) is 6.45. The molecule has 4 heteroatoms. The number of nitrogens with zero attached hydrogens (tertiary/aromatic N) is 1. The number of nitrogens with one attached hydrogen (secondary N) is 1. The van der Waals surface area contributed by atoms with Gasteiger partial charge < -0.3 is 5.32 Å². The van der Waals surface area contributed by atoms with Gasteiger partial charge in [0.05, 0.1) is 0 Å². The van der Waals surface area contributed by atoms with Crippen LogP contribution < -0.4 is 5.32 Å². The molecule has 1 N–H and O–H groups in total. The Kier molecular flexibility index (Phi) is 4.45. The van der Waals surface area contributed by atoms with Crippen LogP contribution in [-0.4, -0.2) is 23.2 Å². The van der Waals surface area contributed by atoms with Crippen LogP contribution in [0.3, 0.4) is 0 Å². The molecule has 0 atom stereocenters. The van der Waals surface area contributed by atoms with E-state index < -0.39 is 0 Å². The SMILES string of the molecule is O=C1CCC(C(=O)NCCc2ccccn2)CC1. The summed E-state index contributed by atoms with van der Waals surface area (Å²) in [6, 6.07) is 5.77. The van der Waals surface area contributed by atoms with Gasteiger partial charge in [0.15, 0.2) is 0 Å². The van der Waals surface area contributed by atoms with Gasteiger partial charge in [-0.1, -0.05) is 6.07 Å². The lowest BCUT2D eigenvalue weighted by Gasteiger charge is -2.20. The Morgan fingerprint density at radius 1 is 1.33 bits per heavy atom. The van der Waals surface area contributed by atoms with Crippen molar-refractivity contribution in [3.63, 3.8) is 0 Å². The van der Waals surface area contributed by atoms with Gasteiger partial charge in [0.1, 0.15) is 5.78 Å². The Balaban J connectivity index is 1.70. The van der Waals surface area contributed by atoms with Crippen LogP contribution in [0.1, 0.15) is 31.4 Å². The van der Waals surface area contributed by atoms with Crippen LogP contribution in [0.2, 0.25) is 0 Å². The normalized spacial score (nSPS) is 16.6. The molecule has 18 heavy (non-hydrogen) atoms. The summed E-state index contributed by atoms with van der Waals surface area (Å²) in [6.07, 6.45) is 5.02. The monoisotopic (exact) mass is 246 g/mol. The minimum atomic E-state index is 0.0198. The van der Waals surface area contributed by atoms with Crippen molar-refractivity contribution < 1.29 is 9.59 Å². The fourth-order valence-corrected chi connectivity index (χ4v) is 2.21. The summed E-state index contributed by atoms with van der Waals surface area (Å²) in [4.78, 5) is 27.1. The molecule has 0 radical (unpaired) electrons. The molecule has 1 aliphatic carbocycles. The van der Waals surface area contributed by atoms with Gasteiger partial charge in [0.2, 0.25) is 5.91 Å². The highest BCUT2D eigenvalue weighted by molar-refractivity contribution is 5.84. The minimum absolute atomic E-state index is 0.0198. The Hall–Kier alpha value is -1.71. The second-order valence-electron chi connectivity index (χ2n) is 4.68. The van der Waals surface area contributed by atoms with Crippen molar-refractivity contribution in [2.45, 2.75) is 32.1 Å². The number of hydrogen-bond acceptors (Lipinski definition) is 3. The van der Waals surface area contributed by atoms with E-state index in [4.69, 9.17) is 0 Å². The van der Waals surface area contributed by atoms with E-state index in [1.165, 1.54) is 0 Å². The highest BCUT2D eigenvalue weighted by atomic mass is 16.2. The van der Waals surface area contributed by atoms with Crippen molar-refractivity contribution >= 4 is 11.7 Å². The van der Waals surface area contributed by atoms with Gasteiger partial charge in [-0.15, -0.1) is 0 Å². The molecule has 4 nitrogen and oxygen atoms in total. The fourth-order valence-electron chi connectivity index (χ4n) is 2.21. The van der Waals surface area contributed by atoms with Crippen LogP contribution in [0.4, 0.5) is 0 Å². The van der Waals surface area contributed by atoms with Crippen LogP contribution in [0, 0.1) is 5.92 Å². The van der Waals surface area contributed by atoms with Crippen LogP contribution in [0.5, 0.6) is 0 Å². The highest BCUT2D eigenvalue weighted by Gasteiger charge is 2.24. The van der Waals surface area contributed by atoms with Gasteiger partial charge in [-0.2, -0.15) is 0 Å². The summed E-state index contributed by atoms with van der Waals surface area (Å²) in [5.41, 5.74) is 0.983. The minimum Gasteiger partial charge on any atom is -0.355 e. The zero-order chi connectivity index (χ0) is 12.8. The van der Waals surface area contributed by atoms with E-state index in [1.54, 1.807) is 6.20 Å². The van der Waals surface area contributed by atoms with Crippen LogP contribution >= 0.6 is 0 Å². The lowest BCUT2D eigenvalue weighted by molar-refractivity contribution is -0.128. The van der Waals surface area contributed by atoms with E-state index in [0.717, 1.165) is 12.1 Å². The molecule has 0 aliphatic heterocycles. The lowest BCUT2D eigenvalue weighted by Crippen LogP contribution is -2.34. The number of pyridine rings is 1. The molecule has 1 amide bonds. The number of amides is 1. The summed E-state index contributed by atoms with van der Waals surface area (Å²) < 4.78 is 0. The molecule has 1 aromatic heterocycles. The number of ketones is 1. The smallest absolute Gasteiger partial charge is 0.223 e. The van der Waals surface area contributed by atoms with Gasteiger partial charge >= 0.3 is 0 Å². The fraction of sp³-hybridized carbons (Fsp3) is 0.500. The molecule has 1 aliphatic rings. The molecule has 0 bridgehead atoms. The van der Waals surface area contributed by atoms with Crippen molar-refractivity contribution in [1.82, 2.24) is 10.3 Å². The molecule has 2 rings (SSSR count). The molecule has 1 aromatic rings. The molecule has 0 aromatic carbocycles. The molecule has 1 saturated carbocycles. The Morgan fingerprint density at radius 3 is 2.78 bits per heavy atom. The zero-order valence-electron chi connectivity index (χ0n) is 10.4. The first-order chi connectivity index (χ1) is 8.75. The second-order valence-corrected chi connectivity index (χ2v) is 4.68. The summed E-state index contributed by atoms with van der Waals surface area (Å²) in [5, 5.41) is 2.93. The van der Waals surface area contributed by atoms with E-state index >= 15 is 0 Å². The Labute approximate surface area is 107 Å². The average molecular weight is 246 g/mol. The Bertz CT molecular complexity index is 407. The summed E-state index contributed by atoms with van der Waals surface area (Å²) in [6.45, 7) is 0.611. The molecular weight excluding hydrogens is 228 g/mol. The second kappa shape index (κ2) is 6.28. The first-order valence-corrected chi connectivity index (χ1v) is 6.45. The number of aromatic nitrogens is 1. The third-order valence-corrected chi connectivity index (χ3v) is 3.32. The predicted octanol–water partition coefficient (Wildman–Crippen LogP) is 1.50. The number of carbonyl (C=O) groups is 2. The number of rotatable bonds is 4. The molecular formula is C14H18N2O2. The van der Waals surface area contributed by atoms with E-state index in [0.29, 0.717) is 32.2 Å². The number of Topliss-reactive ketones (excluding diaryl/α,β-unsaturated/α-hetero) is 1. The summed E-state index contributed by atoms with van der Waals surface area (Å²) >= 11 is 0. The zero-order valence-corrected chi connectivity index (χ0v) is 10.4. The predicted molar refractivity (Wildman–Crippen MR) is 67.9 cm³/mol. The quantitative estimate of drug-likeness (QED) is 0.875. The van der Waals surface area contributed by atoms with Crippen LogP contribution in [0.15, 0.2) is 24.4 Å². The maximum Gasteiger partial charge on any atom is 0.223 e. The first kappa shape index (κ1) is 12.7. The van der Waals surface area contributed by atoms with Crippen molar-refractivity contribution in [3.8, 4) is 0 Å². The molecule has 0 saturated heterocycles.